The van der Waals surface area contributed by atoms with Crippen molar-refractivity contribution in [1.29, 1.82) is 0 Å². The molecule has 0 heterocycles. The molecule has 2 atom stereocenters. The van der Waals surface area contributed by atoms with Gasteiger partial charge in [-0.1, -0.05) is 19.1 Å². The van der Waals surface area contributed by atoms with Crippen molar-refractivity contribution in [1.82, 2.24) is 0 Å². The van der Waals surface area contributed by atoms with Crippen LogP contribution in [-0.4, -0.2) is 17.1 Å². The maximum absolute atomic E-state index is 13.2. The summed E-state index contributed by atoms with van der Waals surface area (Å²) in [6.07, 6.45) is 0.661. The van der Waals surface area contributed by atoms with Crippen molar-refractivity contribution in [3.05, 3.63) is 35.1 Å². The van der Waals surface area contributed by atoms with Gasteiger partial charge in [-0.25, -0.2) is 4.39 Å². The van der Waals surface area contributed by atoms with Crippen LogP contribution >= 0.6 is 0 Å². The number of rotatable bonds is 5. The molecule has 0 bridgehead atoms. The van der Waals surface area contributed by atoms with Crippen molar-refractivity contribution < 1.29 is 14.3 Å². The third-order valence-corrected chi connectivity index (χ3v) is 2.99. The zero-order valence-corrected chi connectivity index (χ0v) is 10.1. The summed E-state index contributed by atoms with van der Waals surface area (Å²) in [5, 5.41) is 8.88. The zero-order chi connectivity index (χ0) is 13.0. The van der Waals surface area contributed by atoms with Crippen molar-refractivity contribution in [3.8, 4) is 0 Å². The van der Waals surface area contributed by atoms with Crippen molar-refractivity contribution in [2.75, 3.05) is 0 Å². The highest BCUT2D eigenvalue weighted by Gasteiger charge is 2.22. The van der Waals surface area contributed by atoms with Gasteiger partial charge in [-0.05, 0) is 30.5 Å². The monoisotopic (exact) mass is 239 g/mol. The minimum absolute atomic E-state index is 0.0277. The molecular formula is C13H18FNO2. The van der Waals surface area contributed by atoms with Crippen molar-refractivity contribution >= 4 is 5.97 Å². The molecular weight excluding hydrogens is 221 g/mol. The molecule has 1 aromatic carbocycles. The lowest BCUT2D eigenvalue weighted by Crippen LogP contribution is -2.29. The third kappa shape index (κ3) is 3.53. The summed E-state index contributed by atoms with van der Waals surface area (Å²) in [5.74, 6) is -1.44. The molecule has 0 aliphatic rings. The van der Waals surface area contributed by atoms with Crippen LogP contribution in [0.4, 0.5) is 4.39 Å². The van der Waals surface area contributed by atoms with E-state index in [1.807, 2.05) is 6.92 Å². The smallest absolute Gasteiger partial charge is 0.304 e. The lowest BCUT2D eigenvalue weighted by atomic mass is 9.87. The summed E-state index contributed by atoms with van der Waals surface area (Å²) in [5.41, 5.74) is 7.24. The number of hydrogen-bond donors (Lipinski definition) is 2. The number of benzene rings is 1. The first-order chi connectivity index (χ1) is 7.95. The second-order valence-electron chi connectivity index (χ2n) is 4.29. The average molecular weight is 239 g/mol. The largest absolute Gasteiger partial charge is 0.481 e. The fourth-order valence-electron chi connectivity index (χ4n) is 1.89. The van der Waals surface area contributed by atoms with E-state index in [1.54, 1.807) is 19.1 Å². The van der Waals surface area contributed by atoms with Crippen LogP contribution in [-0.2, 0) is 4.79 Å². The fourth-order valence-corrected chi connectivity index (χ4v) is 1.89. The van der Waals surface area contributed by atoms with Gasteiger partial charge in [0, 0.05) is 12.0 Å². The molecule has 2 unspecified atom stereocenters. The van der Waals surface area contributed by atoms with E-state index in [-0.39, 0.29) is 24.2 Å². The number of halogens is 1. The first-order valence-corrected chi connectivity index (χ1v) is 5.69. The molecule has 4 heteroatoms. The standard InChI is InChI=1S/C13H18FNO2/c1-3-12(15)10(7-13(16)17)9-4-5-11(14)8(2)6-9/h4-6,10,12H,3,7,15H2,1-2H3,(H,16,17). The molecule has 0 spiro atoms. The first-order valence-electron chi connectivity index (χ1n) is 5.69. The number of hydrogen-bond acceptors (Lipinski definition) is 2. The Labute approximate surface area is 100 Å². The van der Waals surface area contributed by atoms with E-state index < -0.39 is 5.97 Å². The number of carboxylic acids is 1. The topological polar surface area (TPSA) is 63.3 Å². The second kappa shape index (κ2) is 5.77. The zero-order valence-electron chi connectivity index (χ0n) is 10.1. The minimum Gasteiger partial charge on any atom is -0.481 e. The van der Waals surface area contributed by atoms with Crippen LogP contribution in [0.3, 0.4) is 0 Å². The van der Waals surface area contributed by atoms with Gasteiger partial charge in [0.2, 0.25) is 0 Å². The molecule has 1 aromatic rings. The van der Waals surface area contributed by atoms with Gasteiger partial charge in [0.1, 0.15) is 5.82 Å². The highest BCUT2D eigenvalue weighted by atomic mass is 19.1. The summed E-state index contributed by atoms with van der Waals surface area (Å²) in [6.45, 7) is 3.57. The summed E-state index contributed by atoms with van der Waals surface area (Å²) in [4.78, 5) is 10.8. The molecule has 0 amide bonds. The van der Waals surface area contributed by atoms with Gasteiger partial charge in [0.25, 0.3) is 0 Å². The van der Waals surface area contributed by atoms with Crippen molar-refractivity contribution in [2.45, 2.75) is 38.6 Å². The van der Waals surface area contributed by atoms with E-state index in [4.69, 9.17) is 10.8 Å². The quantitative estimate of drug-likeness (QED) is 0.829. The van der Waals surface area contributed by atoms with E-state index in [0.717, 1.165) is 5.56 Å². The second-order valence-corrected chi connectivity index (χ2v) is 4.29. The predicted octanol–water partition coefficient (Wildman–Crippen LogP) is 2.43. The van der Waals surface area contributed by atoms with Gasteiger partial charge in [0.15, 0.2) is 0 Å². The van der Waals surface area contributed by atoms with Crippen LogP contribution in [0.5, 0.6) is 0 Å². The Morgan fingerprint density at radius 1 is 1.53 bits per heavy atom. The maximum Gasteiger partial charge on any atom is 0.304 e. The number of nitrogens with two attached hydrogens (primary N) is 1. The average Bonchev–Trinajstić information content (AvgIpc) is 2.28. The molecule has 0 radical (unpaired) electrons. The molecule has 1 rings (SSSR count). The van der Waals surface area contributed by atoms with Crippen molar-refractivity contribution in [3.63, 3.8) is 0 Å². The summed E-state index contributed by atoms with van der Waals surface area (Å²) >= 11 is 0. The molecule has 17 heavy (non-hydrogen) atoms. The van der Waals surface area contributed by atoms with Gasteiger partial charge < -0.3 is 10.8 Å². The summed E-state index contributed by atoms with van der Waals surface area (Å²) in [6, 6.07) is 4.43. The molecule has 3 nitrogen and oxygen atoms in total. The fraction of sp³-hybridized carbons (Fsp3) is 0.462. The van der Waals surface area contributed by atoms with Gasteiger partial charge in [-0.15, -0.1) is 0 Å². The third-order valence-electron chi connectivity index (χ3n) is 2.99. The molecule has 0 aliphatic heterocycles. The molecule has 3 N–H and O–H groups in total. The summed E-state index contributed by atoms with van der Waals surface area (Å²) < 4.78 is 13.2. The van der Waals surface area contributed by atoms with Crippen LogP contribution in [0.2, 0.25) is 0 Å². The molecule has 0 fully saturated rings. The normalized spacial score (nSPS) is 14.4. The highest BCUT2D eigenvalue weighted by Crippen LogP contribution is 2.25. The number of carbonyl (C=O) groups is 1. The molecule has 0 saturated heterocycles. The van der Waals surface area contributed by atoms with Gasteiger partial charge in [-0.3, -0.25) is 4.79 Å². The summed E-state index contributed by atoms with van der Waals surface area (Å²) in [7, 11) is 0. The minimum atomic E-state index is -0.888. The van der Waals surface area contributed by atoms with E-state index in [9.17, 15) is 9.18 Å². The van der Waals surface area contributed by atoms with Crippen LogP contribution in [0.25, 0.3) is 0 Å². The Bertz CT molecular complexity index is 406. The van der Waals surface area contributed by atoms with Gasteiger partial charge in [-0.2, -0.15) is 0 Å². The van der Waals surface area contributed by atoms with E-state index in [1.165, 1.54) is 6.07 Å². The lowest BCUT2D eigenvalue weighted by molar-refractivity contribution is -0.137. The predicted molar refractivity (Wildman–Crippen MR) is 64.4 cm³/mol. The molecule has 94 valence electrons. The van der Waals surface area contributed by atoms with Crippen molar-refractivity contribution in [2.24, 2.45) is 5.73 Å². The Morgan fingerprint density at radius 3 is 2.65 bits per heavy atom. The molecule has 0 aromatic heterocycles. The number of carboxylic acid groups (broad SMARTS) is 1. The van der Waals surface area contributed by atoms with E-state index in [2.05, 4.69) is 0 Å². The van der Waals surface area contributed by atoms with Crippen LogP contribution < -0.4 is 5.73 Å². The Balaban J connectivity index is 3.03. The van der Waals surface area contributed by atoms with Crippen LogP contribution in [0.15, 0.2) is 18.2 Å². The number of aryl methyl sites for hydroxylation is 1. The maximum atomic E-state index is 13.2. The number of aliphatic carboxylic acids is 1. The first kappa shape index (κ1) is 13.6. The van der Waals surface area contributed by atoms with E-state index >= 15 is 0 Å². The highest BCUT2D eigenvalue weighted by molar-refractivity contribution is 5.68. The molecule has 0 aliphatic carbocycles. The Kier molecular flexibility index (Phi) is 4.63. The lowest BCUT2D eigenvalue weighted by Gasteiger charge is -2.22. The Morgan fingerprint density at radius 2 is 2.18 bits per heavy atom. The van der Waals surface area contributed by atoms with Gasteiger partial charge in [0.05, 0.1) is 6.42 Å². The van der Waals surface area contributed by atoms with E-state index in [0.29, 0.717) is 12.0 Å². The van der Waals surface area contributed by atoms with Crippen LogP contribution in [0.1, 0.15) is 36.8 Å². The van der Waals surface area contributed by atoms with Crippen LogP contribution in [0, 0.1) is 12.7 Å². The Hall–Kier alpha value is -1.42. The molecule has 0 saturated carbocycles. The van der Waals surface area contributed by atoms with Gasteiger partial charge >= 0.3 is 5.97 Å². The SMILES string of the molecule is CCC(N)C(CC(=O)O)c1ccc(F)c(C)c1.